The van der Waals surface area contributed by atoms with Crippen LogP contribution in [0.4, 0.5) is 0 Å². The fourth-order valence-corrected chi connectivity index (χ4v) is 4.42. The average Bonchev–Trinajstić information content (AvgIpc) is 3.02. The molecule has 1 fully saturated rings. The van der Waals surface area contributed by atoms with Crippen molar-refractivity contribution in [2.24, 2.45) is 5.92 Å². The highest BCUT2D eigenvalue weighted by molar-refractivity contribution is 7.27. The molecule has 0 bridgehead atoms. The van der Waals surface area contributed by atoms with E-state index in [2.05, 4.69) is 11.4 Å². The standard InChI is InChI=1S/C13H12N2OS2/c14-7-8-2-1-3-9(8)15-13(16)12-6-11-10(18-12)4-5-17-11/h4-6,8-9H,1-3H2,(H,15,16). The van der Waals surface area contributed by atoms with Crippen molar-refractivity contribution in [2.75, 3.05) is 0 Å². The maximum atomic E-state index is 12.1. The van der Waals surface area contributed by atoms with Crippen molar-refractivity contribution >= 4 is 38.0 Å². The van der Waals surface area contributed by atoms with E-state index in [9.17, 15) is 4.79 Å². The highest BCUT2D eigenvalue weighted by atomic mass is 32.1. The number of carbonyl (C=O) groups excluding carboxylic acids is 1. The van der Waals surface area contributed by atoms with Crippen LogP contribution in [0.25, 0.3) is 9.40 Å². The predicted octanol–water partition coefficient (Wildman–Crippen LogP) is 3.38. The van der Waals surface area contributed by atoms with Crippen LogP contribution in [0.5, 0.6) is 0 Å². The highest BCUT2D eigenvalue weighted by Gasteiger charge is 2.29. The lowest BCUT2D eigenvalue weighted by Gasteiger charge is -2.14. The molecule has 2 heterocycles. The van der Waals surface area contributed by atoms with Gasteiger partial charge in [-0.1, -0.05) is 0 Å². The molecule has 0 radical (unpaired) electrons. The second kappa shape index (κ2) is 4.71. The Morgan fingerprint density at radius 1 is 1.44 bits per heavy atom. The maximum Gasteiger partial charge on any atom is 0.261 e. The fraction of sp³-hybridized carbons (Fsp3) is 0.385. The van der Waals surface area contributed by atoms with Gasteiger partial charge in [-0.3, -0.25) is 4.79 Å². The summed E-state index contributed by atoms with van der Waals surface area (Å²) < 4.78 is 2.32. The van der Waals surface area contributed by atoms with E-state index in [1.165, 1.54) is 11.3 Å². The quantitative estimate of drug-likeness (QED) is 0.914. The molecule has 1 amide bonds. The largest absolute Gasteiger partial charge is 0.347 e. The molecule has 18 heavy (non-hydrogen) atoms. The lowest BCUT2D eigenvalue weighted by Crippen LogP contribution is -2.36. The van der Waals surface area contributed by atoms with Crippen LogP contribution in [0.15, 0.2) is 17.5 Å². The molecule has 3 nitrogen and oxygen atoms in total. The van der Waals surface area contributed by atoms with Crippen molar-refractivity contribution in [3.63, 3.8) is 0 Å². The van der Waals surface area contributed by atoms with Gasteiger partial charge in [0.2, 0.25) is 0 Å². The van der Waals surface area contributed by atoms with Crippen molar-refractivity contribution in [1.82, 2.24) is 5.32 Å². The minimum absolute atomic E-state index is 0.0185. The molecule has 2 unspecified atom stereocenters. The lowest BCUT2D eigenvalue weighted by atomic mass is 10.1. The van der Waals surface area contributed by atoms with E-state index in [1.54, 1.807) is 11.3 Å². The molecule has 1 saturated carbocycles. The molecule has 1 aliphatic rings. The number of nitriles is 1. The summed E-state index contributed by atoms with van der Waals surface area (Å²) in [6.45, 7) is 0. The summed E-state index contributed by atoms with van der Waals surface area (Å²) in [4.78, 5) is 12.9. The number of hydrogen-bond donors (Lipinski definition) is 1. The molecule has 5 heteroatoms. The number of rotatable bonds is 2. The third-order valence-corrected chi connectivity index (χ3v) is 5.45. The van der Waals surface area contributed by atoms with E-state index in [0.29, 0.717) is 0 Å². The summed E-state index contributed by atoms with van der Waals surface area (Å²) in [5.74, 6) is -0.0504. The molecule has 1 N–H and O–H groups in total. The molecule has 3 rings (SSSR count). The lowest BCUT2D eigenvalue weighted by molar-refractivity contribution is 0.0937. The number of hydrogen-bond acceptors (Lipinski definition) is 4. The van der Waals surface area contributed by atoms with Gasteiger partial charge in [0.1, 0.15) is 0 Å². The van der Waals surface area contributed by atoms with Crippen LogP contribution in [0.2, 0.25) is 0 Å². The number of nitrogens with one attached hydrogen (secondary N) is 1. The molecular formula is C13H12N2OS2. The molecule has 0 aromatic carbocycles. The molecule has 2 atom stereocenters. The van der Waals surface area contributed by atoms with Crippen LogP contribution in [-0.4, -0.2) is 11.9 Å². The van der Waals surface area contributed by atoms with Gasteiger partial charge in [0, 0.05) is 15.4 Å². The first-order valence-corrected chi connectivity index (χ1v) is 7.65. The summed E-state index contributed by atoms with van der Waals surface area (Å²) in [7, 11) is 0. The van der Waals surface area contributed by atoms with E-state index >= 15 is 0 Å². The monoisotopic (exact) mass is 276 g/mol. The minimum Gasteiger partial charge on any atom is -0.347 e. The third-order valence-electron chi connectivity index (χ3n) is 3.36. The summed E-state index contributed by atoms with van der Waals surface area (Å²) in [5, 5.41) is 14.0. The van der Waals surface area contributed by atoms with E-state index in [-0.39, 0.29) is 17.9 Å². The second-order valence-corrected chi connectivity index (χ2v) is 6.54. The molecule has 2 aromatic rings. The van der Waals surface area contributed by atoms with E-state index in [1.807, 2.05) is 17.5 Å². The van der Waals surface area contributed by atoms with Gasteiger partial charge in [-0.15, -0.1) is 22.7 Å². The zero-order chi connectivity index (χ0) is 12.5. The second-order valence-electron chi connectivity index (χ2n) is 4.51. The van der Waals surface area contributed by atoms with Gasteiger partial charge >= 0.3 is 0 Å². The first-order valence-electron chi connectivity index (χ1n) is 5.95. The molecule has 0 aliphatic heterocycles. The Labute approximate surface area is 113 Å². The fourth-order valence-electron chi connectivity index (χ4n) is 2.40. The summed E-state index contributed by atoms with van der Waals surface area (Å²) in [5.41, 5.74) is 0. The van der Waals surface area contributed by atoms with E-state index < -0.39 is 0 Å². The zero-order valence-corrected chi connectivity index (χ0v) is 11.3. The van der Waals surface area contributed by atoms with Crippen LogP contribution in [0.3, 0.4) is 0 Å². The van der Waals surface area contributed by atoms with Gasteiger partial charge in [-0.25, -0.2) is 0 Å². The van der Waals surface area contributed by atoms with Crippen LogP contribution in [0, 0.1) is 17.2 Å². The first kappa shape index (κ1) is 11.7. The maximum absolute atomic E-state index is 12.1. The number of fused-ring (bicyclic) bond motifs is 1. The Morgan fingerprint density at radius 2 is 2.33 bits per heavy atom. The molecular weight excluding hydrogens is 264 g/mol. The zero-order valence-electron chi connectivity index (χ0n) is 9.68. The SMILES string of the molecule is N#CC1CCCC1NC(=O)c1cc2sccc2s1. The smallest absolute Gasteiger partial charge is 0.261 e. The van der Waals surface area contributed by atoms with E-state index in [0.717, 1.165) is 33.5 Å². The van der Waals surface area contributed by atoms with Crippen molar-refractivity contribution in [3.05, 3.63) is 22.4 Å². The van der Waals surface area contributed by atoms with Crippen LogP contribution in [-0.2, 0) is 0 Å². The topological polar surface area (TPSA) is 52.9 Å². The Hall–Kier alpha value is -1.38. The first-order chi connectivity index (χ1) is 8.78. The summed E-state index contributed by atoms with van der Waals surface area (Å²) in [6.07, 6.45) is 2.85. The highest BCUT2D eigenvalue weighted by Crippen LogP contribution is 2.31. The summed E-state index contributed by atoms with van der Waals surface area (Å²) in [6, 6.07) is 6.29. The number of amides is 1. The van der Waals surface area contributed by atoms with Gasteiger partial charge in [0.05, 0.1) is 16.9 Å². The van der Waals surface area contributed by atoms with Crippen LogP contribution < -0.4 is 5.32 Å². The third kappa shape index (κ3) is 2.02. The van der Waals surface area contributed by atoms with Crippen molar-refractivity contribution in [3.8, 4) is 6.07 Å². The van der Waals surface area contributed by atoms with Crippen molar-refractivity contribution < 1.29 is 4.79 Å². The van der Waals surface area contributed by atoms with Crippen LogP contribution >= 0.6 is 22.7 Å². The summed E-state index contributed by atoms with van der Waals surface area (Å²) >= 11 is 3.17. The van der Waals surface area contributed by atoms with Gasteiger partial charge in [0.25, 0.3) is 5.91 Å². The van der Waals surface area contributed by atoms with Gasteiger partial charge in [-0.05, 0) is 36.8 Å². The number of nitrogens with zero attached hydrogens (tertiary/aromatic N) is 1. The van der Waals surface area contributed by atoms with Gasteiger partial charge in [0.15, 0.2) is 0 Å². The number of carbonyl (C=O) groups is 1. The van der Waals surface area contributed by atoms with Crippen molar-refractivity contribution in [1.29, 1.82) is 5.26 Å². The van der Waals surface area contributed by atoms with Crippen LogP contribution in [0.1, 0.15) is 28.9 Å². The Kier molecular flexibility index (Phi) is 3.06. The molecule has 1 aliphatic carbocycles. The van der Waals surface area contributed by atoms with Crippen molar-refractivity contribution in [2.45, 2.75) is 25.3 Å². The minimum atomic E-state index is -0.0319. The van der Waals surface area contributed by atoms with E-state index in [4.69, 9.17) is 5.26 Å². The molecule has 0 spiro atoms. The Morgan fingerprint density at radius 3 is 3.11 bits per heavy atom. The van der Waals surface area contributed by atoms with Gasteiger partial charge < -0.3 is 5.32 Å². The Balaban J connectivity index is 1.75. The molecule has 0 saturated heterocycles. The molecule has 2 aromatic heterocycles. The average molecular weight is 276 g/mol. The Bertz CT molecular complexity index is 594. The molecule has 92 valence electrons. The predicted molar refractivity (Wildman–Crippen MR) is 73.9 cm³/mol. The normalized spacial score (nSPS) is 23.1. The number of thiophene rings is 2. The van der Waals surface area contributed by atoms with Gasteiger partial charge in [-0.2, -0.15) is 5.26 Å².